The Labute approximate surface area is 110 Å². The van der Waals surface area contributed by atoms with Crippen molar-refractivity contribution in [2.45, 2.75) is 26.9 Å². The van der Waals surface area contributed by atoms with Crippen molar-refractivity contribution in [1.29, 1.82) is 0 Å². The topological polar surface area (TPSA) is 29.9 Å². The molecule has 90 valence electrons. The van der Waals surface area contributed by atoms with Crippen LogP contribution in [0, 0.1) is 6.92 Å². The first-order chi connectivity index (χ1) is 8.20. The summed E-state index contributed by atoms with van der Waals surface area (Å²) in [6, 6.07) is 6.27. The van der Waals surface area contributed by atoms with E-state index in [9.17, 15) is 0 Å². The third-order valence-electron chi connectivity index (χ3n) is 2.77. The Morgan fingerprint density at radius 2 is 2.24 bits per heavy atom. The van der Waals surface area contributed by atoms with Crippen LogP contribution in [0.3, 0.4) is 0 Å². The largest absolute Gasteiger partial charge is 0.379 e. The Morgan fingerprint density at radius 1 is 1.41 bits per heavy atom. The summed E-state index contributed by atoms with van der Waals surface area (Å²) < 4.78 is 3.28. The average Bonchev–Trinajstić information content (AvgIpc) is 2.78. The lowest BCUT2D eigenvalue weighted by Gasteiger charge is -2.09. The summed E-state index contributed by atoms with van der Waals surface area (Å²) in [6.07, 6.45) is 3.77. The normalized spacial score (nSPS) is 10.5. The molecule has 3 nitrogen and oxygen atoms in total. The monoisotopic (exact) mass is 293 g/mol. The highest BCUT2D eigenvalue weighted by molar-refractivity contribution is 9.10. The molecule has 0 aliphatic heterocycles. The Bertz CT molecular complexity index is 505. The Kier molecular flexibility index (Phi) is 3.84. The molecule has 0 fully saturated rings. The van der Waals surface area contributed by atoms with Crippen molar-refractivity contribution in [3.8, 4) is 0 Å². The first kappa shape index (κ1) is 12.2. The first-order valence-electron chi connectivity index (χ1n) is 5.69. The summed E-state index contributed by atoms with van der Waals surface area (Å²) in [7, 11) is 0. The number of aryl methyl sites for hydroxylation is 2. The van der Waals surface area contributed by atoms with Crippen LogP contribution in [0.5, 0.6) is 0 Å². The number of hydrogen-bond donors (Lipinski definition) is 1. The summed E-state index contributed by atoms with van der Waals surface area (Å²) >= 11 is 3.50. The van der Waals surface area contributed by atoms with Crippen LogP contribution < -0.4 is 5.32 Å². The van der Waals surface area contributed by atoms with Crippen LogP contribution in [-0.2, 0) is 13.1 Å². The van der Waals surface area contributed by atoms with Gasteiger partial charge in [-0.25, -0.2) is 4.98 Å². The molecule has 0 unspecified atom stereocenters. The molecule has 2 aromatic rings. The van der Waals surface area contributed by atoms with Crippen molar-refractivity contribution in [2.75, 3.05) is 5.32 Å². The van der Waals surface area contributed by atoms with Gasteiger partial charge in [0.2, 0.25) is 0 Å². The minimum absolute atomic E-state index is 0.801. The second-order valence-corrected chi connectivity index (χ2v) is 4.84. The number of anilines is 1. The lowest BCUT2D eigenvalue weighted by atomic mass is 10.2. The molecule has 1 aromatic heterocycles. The van der Waals surface area contributed by atoms with Crippen LogP contribution in [0.4, 0.5) is 5.69 Å². The van der Waals surface area contributed by atoms with Crippen LogP contribution in [0.15, 0.2) is 35.2 Å². The summed E-state index contributed by atoms with van der Waals surface area (Å²) in [5.74, 6) is 0. The predicted octanol–water partition coefficient (Wildman–Crippen LogP) is 3.59. The summed E-state index contributed by atoms with van der Waals surface area (Å²) in [5, 5.41) is 3.41. The summed E-state index contributed by atoms with van der Waals surface area (Å²) in [5.41, 5.74) is 3.57. The Hall–Kier alpha value is -1.29. The maximum Gasteiger partial charge on any atom is 0.0948 e. The molecule has 1 aromatic carbocycles. The number of hydrogen-bond acceptors (Lipinski definition) is 2. The van der Waals surface area contributed by atoms with Crippen molar-refractivity contribution >= 4 is 21.6 Å². The van der Waals surface area contributed by atoms with Crippen LogP contribution >= 0.6 is 15.9 Å². The fourth-order valence-electron chi connectivity index (χ4n) is 1.73. The third kappa shape index (κ3) is 2.88. The number of benzene rings is 1. The van der Waals surface area contributed by atoms with E-state index < -0.39 is 0 Å². The quantitative estimate of drug-likeness (QED) is 0.934. The molecule has 0 spiro atoms. The molecule has 1 N–H and O–H groups in total. The molecular weight excluding hydrogens is 278 g/mol. The molecule has 0 saturated carbocycles. The number of nitrogens with one attached hydrogen (secondary N) is 1. The van der Waals surface area contributed by atoms with E-state index in [-0.39, 0.29) is 0 Å². The van der Waals surface area contributed by atoms with E-state index in [1.54, 1.807) is 0 Å². The standard InChI is InChI=1S/C13H16BrN3/c1-3-17-9-15-7-12(17)8-16-11-4-5-13(14)10(2)6-11/h4-7,9,16H,3,8H2,1-2H3. The lowest BCUT2D eigenvalue weighted by Crippen LogP contribution is -2.06. The second-order valence-electron chi connectivity index (χ2n) is 3.99. The van der Waals surface area contributed by atoms with Crippen LogP contribution in [-0.4, -0.2) is 9.55 Å². The van der Waals surface area contributed by atoms with Crippen molar-refractivity contribution in [1.82, 2.24) is 9.55 Å². The maximum absolute atomic E-state index is 4.15. The van der Waals surface area contributed by atoms with Gasteiger partial charge in [0, 0.05) is 22.9 Å². The van der Waals surface area contributed by atoms with E-state index >= 15 is 0 Å². The minimum atomic E-state index is 0.801. The molecule has 4 heteroatoms. The van der Waals surface area contributed by atoms with Gasteiger partial charge in [0.1, 0.15) is 0 Å². The molecule has 0 aliphatic carbocycles. The number of rotatable bonds is 4. The molecule has 0 radical (unpaired) electrons. The van der Waals surface area contributed by atoms with Gasteiger partial charge in [-0.3, -0.25) is 0 Å². The smallest absolute Gasteiger partial charge is 0.0948 e. The van der Waals surface area contributed by atoms with E-state index in [1.807, 2.05) is 12.5 Å². The van der Waals surface area contributed by atoms with Gasteiger partial charge in [-0.1, -0.05) is 15.9 Å². The van der Waals surface area contributed by atoms with Gasteiger partial charge in [-0.05, 0) is 37.6 Å². The zero-order valence-electron chi connectivity index (χ0n) is 10.1. The van der Waals surface area contributed by atoms with E-state index in [2.05, 4.69) is 62.8 Å². The van der Waals surface area contributed by atoms with Gasteiger partial charge < -0.3 is 9.88 Å². The molecule has 0 atom stereocenters. The SMILES string of the molecule is CCn1cncc1CNc1ccc(Br)c(C)c1. The zero-order valence-corrected chi connectivity index (χ0v) is 11.7. The van der Waals surface area contributed by atoms with Gasteiger partial charge in [0.15, 0.2) is 0 Å². The van der Waals surface area contributed by atoms with Gasteiger partial charge in [-0.2, -0.15) is 0 Å². The average molecular weight is 294 g/mol. The molecule has 0 bridgehead atoms. The predicted molar refractivity (Wildman–Crippen MR) is 74.1 cm³/mol. The highest BCUT2D eigenvalue weighted by Gasteiger charge is 2.01. The minimum Gasteiger partial charge on any atom is -0.379 e. The molecule has 2 rings (SSSR count). The number of halogens is 1. The number of aromatic nitrogens is 2. The molecule has 0 saturated heterocycles. The fraction of sp³-hybridized carbons (Fsp3) is 0.308. The van der Waals surface area contributed by atoms with E-state index in [1.165, 1.54) is 11.3 Å². The first-order valence-corrected chi connectivity index (χ1v) is 6.49. The molecular formula is C13H16BrN3. The van der Waals surface area contributed by atoms with Gasteiger partial charge in [-0.15, -0.1) is 0 Å². The second kappa shape index (κ2) is 5.36. The lowest BCUT2D eigenvalue weighted by molar-refractivity contribution is 0.719. The number of imidazole rings is 1. The summed E-state index contributed by atoms with van der Waals surface area (Å²) in [6.45, 7) is 5.96. The number of nitrogens with zero attached hydrogens (tertiary/aromatic N) is 2. The van der Waals surface area contributed by atoms with Crippen LogP contribution in [0.2, 0.25) is 0 Å². The molecule has 0 amide bonds. The van der Waals surface area contributed by atoms with Crippen LogP contribution in [0.1, 0.15) is 18.2 Å². The molecule has 17 heavy (non-hydrogen) atoms. The molecule has 0 aliphatic rings. The Morgan fingerprint density at radius 3 is 2.94 bits per heavy atom. The Balaban J connectivity index is 2.05. The van der Waals surface area contributed by atoms with E-state index in [0.717, 1.165) is 23.2 Å². The van der Waals surface area contributed by atoms with Crippen molar-refractivity contribution in [3.05, 3.63) is 46.5 Å². The molecule has 1 heterocycles. The highest BCUT2D eigenvalue weighted by Crippen LogP contribution is 2.20. The zero-order chi connectivity index (χ0) is 12.3. The van der Waals surface area contributed by atoms with E-state index in [4.69, 9.17) is 0 Å². The van der Waals surface area contributed by atoms with Crippen molar-refractivity contribution in [2.24, 2.45) is 0 Å². The summed E-state index contributed by atoms with van der Waals surface area (Å²) in [4.78, 5) is 4.15. The van der Waals surface area contributed by atoms with E-state index in [0.29, 0.717) is 0 Å². The van der Waals surface area contributed by atoms with Gasteiger partial charge in [0.05, 0.1) is 18.6 Å². The van der Waals surface area contributed by atoms with Crippen LogP contribution in [0.25, 0.3) is 0 Å². The van der Waals surface area contributed by atoms with Gasteiger partial charge >= 0.3 is 0 Å². The maximum atomic E-state index is 4.15. The highest BCUT2D eigenvalue weighted by atomic mass is 79.9. The fourth-order valence-corrected chi connectivity index (χ4v) is 1.97. The third-order valence-corrected chi connectivity index (χ3v) is 3.66. The van der Waals surface area contributed by atoms with Crippen molar-refractivity contribution in [3.63, 3.8) is 0 Å². The van der Waals surface area contributed by atoms with Gasteiger partial charge in [0.25, 0.3) is 0 Å². The van der Waals surface area contributed by atoms with Crippen molar-refractivity contribution < 1.29 is 0 Å².